The first-order valence-electron chi connectivity index (χ1n) is 15.7. The molecule has 4 aliphatic carbocycles. The highest BCUT2D eigenvalue weighted by molar-refractivity contribution is 5.91. The second kappa shape index (κ2) is 9.16. The third kappa shape index (κ3) is 3.85. The number of likely N-dealkylation sites (tertiary alicyclic amines) is 1. The molecule has 4 unspecified atom stereocenters. The highest BCUT2D eigenvalue weighted by atomic mass is 16.5. The second-order valence-corrected chi connectivity index (χ2v) is 14.5. The van der Waals surface area contributed by atoms with E-state index in [0.29, 0.717) is 29.8 Å². The maximum absolute atomic E-state index is 12.2. The van der Waals surface area contributed by atoms with Gasteiger partial charge in [0.15, 0.2) is 5.78 Å². The highest BCUT2D eigenvalue weighted by Crippen LogP contribution is 2.64. The molecule has 0 radical (unpaired) electrons. The van der Waals surface area contributed by atoms with Crippen LogP contribution in [0.4, 0.5) is 0 Å². The predicted octanol–water partition coefficient (Wildman–Crippen LogP) is 7.51. The zero-order valence-corrected chi connectivity index (χ0v) is 24.0. The van der Waals surface area contributed by atoms with E-state index in [9.17, 15) is 4.79 Å². The molecule has 38 heavy (non-hydrogen) atoms. The van der Waals surface area contributed by atoms with Crippen molar-refractivity contribution in [3.8, 4) is 0 Å². The zero-order valence-electron chi connectivity index (χ0n) is 24.0. The van der Waals surface area contributed by atoms with Gasteiger partial charge in [0, 0.05) is 31.5 Å². The molecule has 3 heteroatoms. The zero-order chi connectivity index (χ0) is 26.2. The average molecular weight is 514 g/mol. The molecule has 3 nitrogen and oxygen atoms in total. The Hall–Kier alpha value is -1.71. The summed E-state index contributed by atoms with van der Waals surface area (Å²) in [6, 6.07) is 11.6. The molecular formula is C35H47NO2. The van der Waals surface area contributed by atoms with Crippen molar-refractivity contribution in [2.75, 3.05) is 6.54 Å². The van der Waals surface area contributed by atoms with Gasteiger partial charge in [-0.25, -0.2) is 0 Å². The van der Waals surface area contributed by atoms with Gasteiger partial charge in [-0.15, -0.1) is 0 Å². The van der Waals surface area contributed by atoms with Gasteiger partial charge in [0.2, 0.25) is 0 Å². The van der Waals surface area contributed by atoms with Crippen molar-refractivity contribution >= 4 is 5.78 Å². The molecule has 2 saturated heterocycles. The van der Waals surface area contributed by atoms with Crippen molar-refractivity contribution in [3.63, 3.8) is 0 Å². The van der Waals surface area contributed by atoms with Crippen LogP contribution in [0.3, 0.4) is 0 Å². The topological polar surface area (TPSA) is 29.5 Å². The quantitative estimate of drug-likeness (QED) is 0.383. The molecule has 1 aromatic carbocycles. The van der Waals surface area contributed by atoms with E-state index in [2.05, 4.69) is 62.9 Å². The minimum Gasteiger partial charge on any atom is -0.369 e. The lowest BCUT2D eigenvalue weighted by atomic mass is 9.56. The van der Waals surface area contributed by atoms with Crippen molar-refractivity contribution in [2.45, 2.75) is 110 Å². The first kappa shape index (κ1) is 25.3. The molecule has 2 saturated carbocycles. The fraction of sp³-hybridized carbons (Fsp3) is 0.686. The van der Waals surface area contributed by atoms with Crippen LogP contribution in [-0.2, 0) is 16.1 Å². The van der Waals surface area contributed by atoms with Gasteiger partial charge in [-0.2, -0.15) is 0 Å². The lowest BCUT2D eigenvalue weighted by Crippen LogP contribution is -2.51. The Morgan fingerprint density at radius 1 is 1.08 bits per heavy atom. The highest BCUT2D eigenvalue weighted by Gasteiger charge is 2.59. The van der Waals surface area contributed by atoms with E-state index in [1.165, 1.54) is 49.8 Å². The van der Waals surface area contributed by atoms with Crippen LogP contribution >= 0.6 is 0 Å². The summed E-state index contributed by atoms with van der Waals surface area (Å²) < 4.78 is 7.29. The summed E-state index contributed by atoms with van der Waals surface area (Å²) in [5, 5.41) is 0. The molecule has 0 aromatic heterocycles. The van der Waals surface area contributed by atoms with E-state index in [1.807, 2.05) is 6.08 Å². The van der Waals surface area contributed by atoms with Crippen molar-refractivity contribution < 1.29 is 9.53 Å². The second-order valence-electron chi connectivity index (χ2n) is 14.5. The molecular weight excluding hydrogens is 466 g/mol. The Morgan fingerprint density at radius 2 is 1.89 bits per heavy atom. The van der Waals surface area contributed by atoms with E-state index in [1.54, 1.807) is 11.1 Å². The van der Waals surface area contributed by atoms with Gasteiger partial charge in [0.1, 0.15) is 0 Å². The van der Waals surface area contributed by atoms with E-state index in [-0.39, 0.29) is 11.0 Å². The number of hydrogen-bond acceptors (Lipinski definition) is 3. The summed E-state index contributed by atoms with van der Waals surface area (Å²) in [6.45, 7) is 12.1. The monoisotopic (exact) mass is 513 g/mol. The van der Waals surface area contributed by atoms with Crippen LogP contribution in [0.25, 0.3) is 0 Å². The van der Waals surface area contributed by atoms with Gasteiger partial charge in [-0.05, 0) is 99.0 Å². The Balaban J connectivity index is 1.16. The maximum Gasteiger partial charge on any atom is 0.155 e. The van der Waals surface area contributed by atoms with E-state index in [4.69, 9.17) is 4.74 Å². The van der Waals surface area contributed by atoms with Crippen LogP contribution in [0.2, 0.25) is 0 Å². The molecule has 0 bridgehead atoms. The van der Waals surface area contributed by atoms with Crippen LogP contribution in [0.15, 0.2) is 53.1 Å². The Kier molecular flexibility index (Phi) is 6.09. The summed E-state index contributed by atoms with van der Waals surface area (Å²) in [5.41, 5.74) is 6.58. The van der Waals surface area contributed by atoms with Gasteiger partial charge < -0.3 is 4.74 Å². The van der Waals surface area contributed by atoms with Crippen LogP contribution in [-0.4, -0.2) is 35.0 Å². The largest absolute Gasteiger partial charge is 0.369 e. The lowest BCUT2D eigenvalue weighted by Gasteiger charge is -2.48. The number of fused-ring (bicyclic) bond motifs is 6. The summed E-state index contributed by atoms with van der Waals surface area (Å²) in [6.07, 6.45) is 12.7. The number of ether oxygens (including phenoxy) is 1. The summed E-state index contributed by atoms with van der Waals surface area (Å²) in [7, 11) is 0. The molecule has 2 heterocycles. The summed E-state index contributed by atoms with van der Waals surface area (Å²) in [5.74, 6) is 3.85. The molecule has 7 rings (SSSR count). The van der Waals surface area contributed by atoms with E-state index >= 15 is 0 Å². The molecule has 1 spiro atoms. The average Bonchev–Trinajstić information content (AvgIpc) is 3.35. The Labute approximate surface area is 230 Å². The Morgan fingerprint density at radius 3 is 2.71 bits per heavy atom. The molecule has 1 aromatic rings. The SMILES string of the molecule is CC1=C2CC3C(CCC4=CC(=O)CC[C@@]43C)[C@@H]2CCC2(C1)OC1C[C@H](C)CN(Cc3ccccc3)[C@H]1[C@H]2C. The van der Waals surface area contributed by atoms with E-state index in [0.717, 1.165) is 50.0 Å². The van der Waals surface area contributed by atoms with Crippen LogP contribution in [0.1, 0.15) is 91.0 Å². The first-order valence-corrected chi connectivity index (χ1v) is 15.7. The molecule has 6 aliphatic rings. The number of carbonyl (C=O) groups excluding carboxylic acids is 1. The number of ketones is 1. The number of rotatable bonds is 2. The Bertz CT molecular complexity index is 1170. The number of carbonyl (C=O) groups is 1. The fourth-order valence-electron chi connectivity index (χ4n) is 10.5. The summed E-state index contributed by atoms with van der Waals surface area (Å²) in [4.78, 5) is 15.0. The van der Waals surface area contributed by atoms with Crippen LogP contribution in [0.5, 0.6) is 0 Å². The van der Waals surface area contributed by atoms with Crippen LogP contribution in [0, 0.1) is 35.0 Å². The standard InChI is InChI=1S/C35H47NO2/c1-22-16-32-33(36(20-22)21-25-8-6-5-7-9-25)24(3)35(38-32)15-13-28-29-11-10-26-17-27(37)12-14-34(26,4)31(29)18-30(28)23(2)19-35/h5-9,17,22,24,28-29,31-33H,10-16,18-21H2,1-4H3/t22-,24+,28-,29?,31?,32?,33-,34-,35?/m0/s1. The number of allylic oxidation sites excluding steroid dienone is 3. The molecule has 204 valence electrons. The molecule has 2 aliphatic heterocycles. The molecule has 0 amide bonds. The first-order chi connectivity index (χ1) is 18.3. The third-order valence-corrected chi connectivity index (χ3v) is 12.4. The van der Waals surface area contributed by atoms with Gasteiger partial charge >= 0.3 is 0 Å². The number of benzene rings is 1. The van der Waals surface area contributed by atoms with Crippen LogP contribution < -0.4 is 0 Å². The van der Waals surface area contributed by atoms with Crippen molar-refractivity contribution in [1.82, 2.24) is 4.90 Å². The number of nitrogens with zero attached hydrogens (tertiary/aromatic N) is 1. The molecule has 0 N–H and O–H groups in total. The predicted molar refractivity (Wildman–Crippen MR) is 152 cm³/mol. The smallest absolute Gasteiger partial charge is 0.155 e. The van der Waals surface area contributed by atoms with Gasteiger partial charge in [0.25, 0.3) is 0 Å². The minimum absolute atomic E-state index is 0.00780. The normalized spacial score (nSPS) is 44.8. The maximum atomic E-state index is 12.2. The van der Waals surface area contributed by atoms with Crippen molar-refractivity contribution in [2.24, 2.45) is 35.0 Å². The molecule has 9 atom stereocenters. The number of piperidine rings is 1. The molecule has 4 fully saturated rings. The summed E-state index contributed by atoms with van der Waals surface area (Å²) >= 11 is 0. The van der Waals surface area contributed by atoms with E-state index < -0.39 is 0 Å². The van der Waals surface area contributed by atoms with Crippen molar-refractivity contribution in [3.05, 3.63) is 58.7 Å². The van der Waals surface area contributed by atoms with Gasteiger partial charge in [0.05, 0.1) is 11.7 Å². The number of hydrogen-bond donors (Lipinski definition) is 0. The minimum atomic E-state index is -0.00780. The fourth-order valence-corrected chi connectivity index (χ4v) is 10.5. The lowest BCUT2D eigenvalue weighted by molar-refractivity contribution is -0.116. The van der Waals surface area contributed by atoms with Gasteiger partial charge in [-0.3, -0.25) is 9.69 Å². The third-order valence-electron chi connectivity index (χ3n) is 12.4. The van der Waals surface area contributed by atoms with Gasteiger partial charge in [-0.1, -0.05) is 67.8 Å². The van der Waals surface area contributed by atoms with Crippen molar-refractivity contribution in [1.29, 1.82) is 0 Å².